The van der Waals surface area contributed by atoms with Crippen molar-refractivity contribution >= 4 is 23.1 Å². The molecular formula is C22H24N2O3. The van der Waals surface area contributed by atoms with E-state index in [1.807, 2.05) is 62.5 Å². The second kappa shape index (κ2) is 8.08. The Morgan fingerprint density at radius 1 is 0.963 bits per heavy atom. The van der Waals surface area contributed by atoms with Gasteiger partial charge in [0, 0.05) is 24.8 Å². The molecule has 5 heteroatoms. The van der Waals surface area contributed by atoms with Crippen LogP contribution in [-0.2, 0) is 9.59 Å². The molecule has 0 fully saturated rings. The van der Waals surface area contributed by atoms with Crippen molar-refractivity contribution in [1.29, 1.82) is 0 Å². The van der Waals surface area contributed by atoms with Gasteiger partial charge in [-0.15, -0.1) is 0 Å². The molecule has 1 aliphatic rings. The third kappa shape index (κ3) is 3.45. The Balaban J connectivity index is 2.15. The van der Waals surface area contributed by atoms with Crippen LogP contribution < -0.4 is 9.64 Å². The summed E-state index contributed by atoms with van der Waals surface area (Å²) < 4.78 is 5.46. The molecule has 2 aromatic rings. The fraction of sp³-hybridized carbons (Fsp3) is 0.273. The molecule has 27 heavy (non-hydrogen) atoms. The molecule has 140 valence electrons. The molecular weight excluding hydrogens is 340 g/mol. The van der Waals surface area contributed by atoms with Crippen LogP contribution in [0, 0.1) is 0 Å². The lowest BCUT2D eigenvalue weighted by Crippen LogP contribution is -2.35. The van der Waals surface area contributed by atoms with Gasteiger partial charge in [-0.2, -0.15) is 0 Å². The maximum Gasteiger partial charge on any atom is 0.278 e. The van der Waals surface area contributed by atoms with Gasteiger partial charge in [-0.1, -0.05) is 49.7 Å². The molecule has 0 saturated heterocycles. The standard InChI is InChI=1S/C22H24N2O3/c1-4-5-15-24-21(25)19(17-13-9-10-14-18(17)27-3)20(22(24)26)23(2)16-11-7-6-8-12-16/h6-14H,4-5,15H2,1-3H3. The molecule has 0 N–H and O–H groups in total. The average molecular weight is 364 g/mol. The number of unbranched alkanes of at least 4 members (excludes halogenated alkanes) is 1. The number of ether oxygens (including phenoxy) is 1. The molecule has 0 saturated carbocycles. The number of likely N-dealkylation sites (N-methyl/N-ethyl adjacent to an activating group) is 1. The Kier molecular flexibility index (Phi) is 5.60. The molecule has 2 aromatic carbocycles. The number of rotatable bonds is 7. The Bertz CT molecular complexity index is 874. The second-order valence-electron chi connectivity index (χ2n) is 6.43. The van der Waals surface area contributed by atoms with Crippen LogP contribution in [-0.4, -0.2) is 37.4 Å². The zero-order valence-corrected chi connectivity index (χ0v) is 15.9. The minimum Gasteiger partial charge on any atom is -0.496 e. The van der Waals surface area contributed by atoms with Crippen LogP contribution in [0.1, 0.15) is 25.3 Å². The van der Waals surface area contributed by atoms with Crippen LogP contribution >= 0.6 is 0 Å². The van der Waals surface area contributed by atoms with E-state index in [1.165, 1.54) is 4.90 Å². The van der Waals surface area contributed by atoms with Gasteiger partial charge in [0.25, 0.3) is 11.8 Å². The Hall–Kier alpha value is -3.08. The molecule has 0 spiro atoms. The lowest BCUT2D eigenvalue weighted by Gasteiger charge is -2.21. The summed E-state index contributed by atoms with van der Waals surface area (Å²) >= 11 is 0. The predicted octanol–water partition coefficient (Wildman–Crippen LogP) is 3.71. The van der Waals surface area contributed by atoms with Crippen molar-refractivity contribution in [3.05, 3.63) is 65.9 Å². The van der Waals surface area contributed by atoms with Crippen molar-refractivity contribution in [3.63, 3.8) is 0 Å². The number of benzene rings is 2. The summed E-state index contributed by atoms with van der Waals surface area (Å²) in [5.74, 6) is 0.0430. The van der Waals surface area contributed by atoms with Gasteiger partial charge < -0.3 is 9.64 Å². The van der Waals surface area contributed by atoms with Crippen molar-refractivity contribution in [3.8, 4) is 5.75 Å². The average Bonchev–Trinajstić information content (AvgIpc) is 2.96. The maximum absolute atomic E-state index is 13.2. The number of hydrogen-bond acceptors (Lipinski definition) is 4. The fourth-order valence-corrected chi connectivity index (χ4v) is 3.27. The maximum atomic E-state index is 13.2. The van der Waals surface area contributed by atoms with Gasteiger partial charge in [0.15, 0.2) is 0 Å². The van der Waals surface area contributed by atoms with Gasteiger partial charge >= 0.3 is 0 Å². The first-order chi connectivity index (χ1) is 13.1. The van der Waals surface area contributed by atoms with Gasteiger partial charge in [-0.25, -0.2) is 0 Å². The monoisotopic (exact) mass is 364 g/mol. The fourth-order valence-electron chi connectivity index (χ4n) is 3.27. The third-order valence-corrected chi connectivity index (χ3v) is 4.73. The van der Waals surface area contributed by atoms with Crippen LogP contribution in [0.5, 0.6) is 5.75 Å². The van der Waals surface area contributed by atoms with Gasteiger partial charge in [-0.05, 0) is 24.6 Å². The highest BCUT2D eigenvalue weighted by atomic mass is 16.5. The van der Waals surface area contributed by atoms with E-state index in [9.17, 15) is 9.59 Å². The van der Waals surface area contributed by atoms with E-state index in [2.05, 4.69) is 0 Å². The first-order valence-electron chi connectivity index (χ1n) is 9.12. The van der Waals surface area contributed by atoms with Crippen LogP contribution in [0.2, 0.25) is 0 Å². The zero-order chi connectivity index (χ0) is 19.4. The van der Waals surface area contributed by atoms with E-state index in [-0.39, 0.29) is 11.8 Å². The molecule has 5 nitrogen and oxygen atoms in total. The molecule has 1 heterocycles. The van der Waals surface area contributed by atoms with Gasteiger partial charge in [-0.3, -0.25) is 14.5 Å². The van der Waals surface area contributed by atoms with Gasteiger partial charge in [0.05, 0.1) is 12.7 Å². The van der Waals surface area contributed by atoms with Crippen molar-refractivity contribution in [2.45, 2.75) is 19.8 Å². The number of carbonyl (C=O) groups excluding carboxylic acids is 2. The molecule has 0 atom stereocenters. The molecule has 0 radical (unpaired) electrons. The van der Waals surface area contributed by atoms with E-state index < -0.39 is 0 Å². The molecule has 3 rings (SSSR count). The molecule has 1 aliphatic heterocycles. The summed E-state index contributed by atoms with van der Waals surface area (Å²) in [6.07, 6.45) is 1.68. The van der Waals surface area contributed by atoms with Crippen LogP contribution in [0.4, 0.5) is 5.69 Å². The van der Waals surface area contributed by atoms with Crippen LogP contribution in [0.15, 0.2) is 60.3 Å². The number of methoxy groups -OCH3 is 1. The van der Waals surface area contributed by atoms with E-state index in [1.54, 1.807) is 18.1 Å². The lowest BCUT2D eigenvalue weighted by molar-refractivity contribution is -0.136. The SMILES string of the molecule is CCCCN1C(=O)C(c2ccccc2OC)=C(N(C)c2ccccc2)C1=O. The number of para-hydroxylation sites is 2. The molecule has 0 unspecified atom stereocenters. The van der Waals surface area contributed by atoms with Crippen molar-refractivity contribution in [2.75, 3.05) is 25.6 Å². The highest BCUT2D eigenvalue weighted by Gasteiger charge is 2.41. The quantitative estimate of drug-likeness (QED) is 0.703. The number of imide groups is 1. The molecule has 0 aliphatic carbocycles. The summed E-state index contributed by atoms with van der Waals surface area (Å²) in [7, 11) is 3.38. The number of amides is 2. The summed E-state index contributed by atoms with van der Waals surface area (Å²) in [4.78, 5) is 29.5. The number of hydrogen-bond donors (Lipinski definition) is 0. The van der Waals surface area contributed by atoms with E-state index in [0.717, 1.165) is 18.5 Å². The van der Waals surface area contributed by atoms with Crippen molar-refractivity contribution < 1.29 is 14.3 Å². The Labute approximate surface area is 159 Å². The normalized spacial score (nSPS) is 14.1. The molecule has 0 bridgehead atoms. The summed E-state index contributed by atoms with van der Waals surface area (Å²) in [6, 6.07) is 16.9. The smallest absolute Gasteiger partial charge is 0.278 e. The third-order valence-electron chi connectivity index (χ3n) is 4.73. The Morgan fingerprint density at radius 3 is 2.30 bits per heavy atom. The van der Waals surface area contributed by atoms with Crippen molar-refractivity contribution in [1.82, 2.24) is 4.90 Å². The highest BCUT2D eigenvalue weighted by Crippen LogP contribution is 2.37. The number of nitrogens with zero attached hydrogens (tertiary/aromatic N) is 2. The van der Waals surface area contributed by atoms with Crippen LogP contribution in [0.3, 0.4) is 0 Å². The van der Waals surface area contributed by atoms with Crippen molar-refractivity contribution in [2.24, 2.45) is 0 Å². The second-order valence-corrected chi connectivity index (χ2v) is 6.43. The topological polar surface area (TPSA) is 49.9 Å². The first-order valence-corrected chi connectivity index (χ1v) is 9.12. The number of carbonyl (C=O) groups is 2. The summed E-state index contributed by atoms with van der Waals surface area (Å²) in [5, 5.41) is 0. The minimum absolute atomic E-state index is 0.263. The lowest BCUT2D eigenvalue weighted by atomic mass is 10.0. The molecule has 2 amide bonds. The largest absolute Gasteiger partial charge is 0.496 e. The van der Waals surface area contributed by atoms with Gasteiger partial charge in [0.2, 0.25) is 0 Å². The molecule has 0 aromatic heterocycles. The van der Waals surface area contributed by atoms with E-state index in [0.29, 0.717) is 29.1 Å². The highest BCUT2D eigenvalue weighted by molar-refractivity contribution is 6.37. The zero-order valence-electron chi connectivity index (χ0n) is 15.9. The van der Waals surface area contributed by atoms with Gasteiger partial charge in [0.1, 0.15) is 11.4 Å². The first kappa shape index (κ1) is 18.7. The predicted molar refractivity (Wildman–Crippen MR) is 106 cm³/mol. The van der Waals surface area contributed by atoms with E-state index >= 15 is 0 Å². The number of anilines is 1. The minimum atomic E-state index is -0.268. The Morgan fingerprint density at radius 2 is 1.63 bits per heavy atom. The van der Waals surface area contributed by atoms with Crippen LogP contribution in [0.25, 0.3) is 5.57 Å². The van der Waals surface area contributed by atoms with E-state index in [4.69, 9.17) is 4.74 Å². The summed E-state index contributed by atoms with van der Waals surface area (Å²) in [6.45, 7) is 2.45. The summed E-state index contributed by atoms with van der Waals surface area (Å²) in [5.41, 5.74) is 2.25.